The van der Waals surface area contributed by atoms with Gasteiger partial charge in [0.1, 0.15) is 0 Å². The minimum Gasteiger partial charge on any atom is -0.339 e. The van der Waals surface area contributed by atoms with Gasteiger partial charge in [0.2, 0.25) is 11.8 Å². The summed E-state index contributed by atoms with van der Waals surface area (Å²) in [5.74, 6) is 1.72. The van der Waals surface area contributed by atoms with Crippen LogP contribution >= 0.6 is 0 Å². The van der Waals surface area contributed by atoms with E-state index < -0.39 is 0 Å². The number of piperidine rings is 3. The number of hydrogen-bond donors (Lipinski definition) is 0. The lowest BCUT2D eigenvalue weighted by Gasteiger charge is -2.53. The van der Waals surface area contributed by atoms with Crippen LogP contribution in [0.1, 0.15) is 38.5 Å². The molecule has 1 saturated carbocycles. The summed E-state index contributed by atoms with van der Waals surface area (Å²) < 4.78 is 0. The summed E-state index contributed by atoms with van der Waals surface area (Å²) in [4.78, 5) is 45.6. The zero-order chi connectivity index (χ0) is 18.5. The average molecular weight is 374 g/mol. The Labute approximate surface area is 160 Å². The van der Waals surface area contributed by atoms with E-state index in [1.807, 2.05) is 14.7 Å². The number of piperazine rings is 1. The molecule has 4 amide bonds. The van der Waals surface area contributed by atoms with Gasteiger partial charge >= 0.3 is 6.03 Å². The standard InChI is InChI=1S/C20H30N4O3/c25-18-3-1-2-17-16-10-14(12-24(17)18)11-23(13-16)20(27)22-8-6-21(7-9-22)19(26)15-4-5-15/h14-17H,1-13H2/t14?,16?,17-/m1/s1. The highest BCUT2D eigenvalue weighted by molar-refractivity contribution is 5.81. The van der Waals surface area contributed by atoms with Gasteiger partial charge in [-0.05, 0) is 43.9 Å². The molecule has 27 heavy (non-hydrogen) atoms. The van der Waals surface area contributed by atoms with E-state index in [-0.39, 0.29) is 17.9 Å². The maximum atomic E-state index is 13.1. The molecule has 3 atom stereocenters. The quantitative estimate of drug-likeness (QED) is 0.688. The van der Waals surface area contributed by atoms with E-state index in [0.29, 0.717) is 56.4 Å². The van der Waals surface area contributed by atoms with Crippen molar-refractivity contribution in [3.8, 4) is 0 Å². The molecule has 5 aliphatic rings. The molecule has 0 N–H and O–H groups in total. The summed E-state index contributed by atoms with van der Waals surface area (Å²) >= 11 is 0. The number of amides is 4. The fourth-order valence-electron chi connectivity index (χ4n) is 5.67. The second-order valence-corrected chi connectivity index (χ2v) is 9.14. The second kappa shape index (κ2) is 6.67. The predicted octanol–water partition coefficient (Wildman–Crippen LogP) is 0.993. The van der Waals surface area contributed by atoms with Crippen LogP contribution in [0, 0.1) is 17.8 Å². The monoisotopic (exact) mass is 374 g/mol. The largest absolute Gasteiger partial charge is 0.339 e. The van der Waals surface area contributed by atoms with Crippen molar-refractivity contribution < 1.29 is 14.4 Å². The number of urea groups is 1. The normalized spacial score (nSPS) is 33.8. The van der Waals surface area contributed by atoms with Crippen molar-refractivity contribution in [2.45, 2.75) is 44.6 Å². The smallest absolute Gasteiger partial charge is 0.320 e. The first-order valence-electron chi connectivity index (χ1n) is 10.7. The molecule has 4 saturated heterocycles. The van der Waals surface area contributed by atoms with Crippen molar-refractivity contribution in [2.24, 2.45) is 17.8 Å². The summed E-state index contributed by atoms with van der Waals surface area (Å²) in [5.41, 5.74) is 0. The number of carbonyl (C=O) groups is 3. The Hall–Kier alpha value is -1.79. The molecule has 0 radical (unpaired) electrons. The zero-order valence-electron chi connectivity index (χ0n) is 16.0. The summed E-state index contributed by atoms with van der Waals surface area (Å²) in [5, 5.41) is 0. The van der Waals surface area contributed by atoms with Crippen molar-refractivity contribution in [1.29, 1.82) is 0 Å². The molecular formula is C20H30N4O3. The Bertz CT molecular complexity index is 641. The molecule has 4 heterocycles. The van der Waals surface area contributed by atoms with Gasteiger partial charge < -0.3 is 19.6 Å². The van der Waals surface area contributed by atoms with E-state index >= 15 is 0 Å². The molecule has 0 aromatic carbocycles. The molecule has 0 aromatic heterocycles. The summed E-state index contributed by atoms with van der Waals surface area (Å²) in [6.45, 7) is 5.03. The Morgan fingerprint density at radius 3 is 2.33 bits per heavy atom. The van der Waals surface area contributed by atoms with Gasteiger partial charge in [-0.15, -0.1) is 0 Å². The number of hydrogen-bond acceptors (Lipinski definition) is 3. The van der Waals surface area contributed by atoms with Crippen LogP contribution in [-0.4, -0.2) is 89.3 Å². The van der Waals surface area contributed by atoms with E-state index in [4.69, 9.17) is 0 Å². The van der Waals surface area contributed by atoms with E-state index in [2.05, 4.69) is 4.90 Å². The summed E-state index contributed by atoms with van der Waals surface area (Å²) in [6, 6.07) is 0.477. The number of likely N-dealkylation sites (tertiary alicyclic amines) is 1. The number of carbonyl (C=O) groups excluding carboxylic acids is 3. The zero-order valence-corrected chi connectivity index (χ0v) is 16.0. The van der Waals surface area contributed by atoms with Gasteiger partial charge in [-0.3, -0.25) is 9.59 Å². The highest BCUT2D eigenvalue weighted by Gasteiger charge is 2.45. The van der Waals surface area contributed by atoms with E-state index in [1.165, 1.54) is 0 Å². The fourth-order valence-corrected chi connectivity index (χ4v) is 5.67. The minimum atomic E-state index is 0.138. The number of nitrogens with zero attached hydrogens (tertiary/aromatic N) is 4. The first kappa shape index (κ1) is 17.3. The Balaban J connectivity index is 1.19. The average Bonchev–Trinajstić information content (AvgIpc) is 3.53. The third-order valence-corrected chi connectivity index (χ3v) is 7.24. The van der Waals surface area contributed by atoms with Crippen molar-refractivity contribution in [3.05, 3.63) is 0 Å². The molecule has 0 spiro atoms. The maximum Gasteiger partial charge on any atom is 0.320 e. The number of rotatable bonds is 1. The molecule has 0 aromatic rings. The highest BCUT2D eigenvalue weighted by atomic mass is 16.2. The molecule has 4 aliphatic heterocycles. The van der Waals surface area contributed by atoms with Gasteiger partial charge in [0, 0.05) is 64.2 Å². The molecule has 7 heteroatoms. The van der Waals surface area contributed by atoms with Gasteiger partial charge in [-0.25, -0.2) is 4.79 Å². The van der Waals surface area contributed by atoms with Crippen LogP contribution in [-0.2, 0) is 9.59 Å². The molecule has 148 valence electrons. The van der Waals surface area contributed by atoms with Gasteiger partial charge in [0.25, 0.3) is 0 Å². The number of fused-ring (bicyclic) bond motifs is 4. The summed E-state index contributed by atoms with van der Waals surface area (Å²) in [7, 11) is 0. The molecule has 2 bridgehead atoms. The molecule has 5 fully saturated rings. The van der Waals surface area contributed by atoms with Crippen LogP contribution in [0.25, 0.3) is 0 Å². The van der Waals surface area contributed by atoms with Gasteiger partial charge in [-0.1, -0.05) is 0 Å². The van der Waals surface area contributed by atoms with Gasteiger partial charge in [-0.2, -0.15) is 0 Å². The second-order valence-electron chi connectivity index (χ2n) is 9.14. The molecule has 1 aliphatic carbocycles. The van der Waals surface area contributed by atoms with Gasteiger partial charge in [0.15, 0.2) is 0 Å². The third kappa shape index (κ3) is 3.19. The van der Waals surface area contributed by atoms with Crippen LogP contribution in [0.3, 0.4) is 0 Å². The lowest BCUT2D eigenvalue weighted by atomic mass is 9.76. The van der Waals surface area contributed by atoms with Crippen LogP contribution in [0.5, 0.6) is 0 Å². The molecule has 7 nitrogen and oxygen atoms in total. The highest BCUT2D eigenvalue weighted by Crippen LogP contribution is 2.38. The van der Waals surface area contributed by atoms with Crippen molar-refractivity contribution >= 4 is 17.8 Å². The SMILES string of the molecule is O=C(C1CC1)N1CCN(C(=O)N2CC3CC(C2)[C@H]2CCCC(=O)N2C3)CC1. The fraction of sp³-hybridized carbons (Fsp3) is 0.850. The van der Waals surface area contributed by atoms with Crippen LogP contribution < -0.4 is 0 Å². The Morgan fingerprint density at radius 2 is 1.59 bits per heavy atom. The van der Waals surface area contributed by atoms with E-state index in [0.717, 1.165) is 51.7 Å². The van der Waals surface area contributed by atoms with Crippen molar-refractivity contribution in [3.63, 3.8) is 0 Å². The van der Waals surface area contributed by atoms with E-state index in [9.17, 15) is 14.4 Å². The van der Waals surface area contributed by atoms with Crippen LogP contribution in [0.15, 0.2) is 0 Å². The molecular weight excluding hydrogens is 344 g/mol. The van der Waals surface area contributed by atoms with Gasteiger partial charge in [0.05, 0.1) is 0 Å². The molecule has 2 unspecified atom stereocenters. The lowest BCUT2D eigenvalue weighted by molar-refractivity contribution is -0.144. The van der Waals surface area contributed by atoms with Crippen LogP contribution in [0.2, 0.25) is 0 Å². The summed E-state index contributed by atoms with van der Waals surface area (Å²) in [6.07, 6.45) is 6.01. The molecule has 5 rings (SSSR count). The maximum absolute atomic E-state index is 13.1. The van der Waals surface area contributed by atoms with E-state index in [1.54, 1.807) is 0 Å². The topological polar surface area (TPSA) is 64.2 Å². The first-order valence-corrected chi connectivity index (χ1v) is 10.7. The Morgan fingerprint density at radius 1 is 0.852 bits per heavy atom. The predicted molar refractivity (Wildman–Crippen MR) is 98.8 cm³/mol. The third-order valence-electron chi connectivity index (χ3n) is 7.24. The van der Waals surface area contributed by atoms with Crippen molar-refractivity contribution in [1.82, 2.24) is 19.6 Å². The Kier molecular flexibility index (Phi) is 4.28. The van der Waals surface area contributed by atoms with Crippen molar-refractivity contribution in [2.75, 3.05) is 45.8 Å². The first-order chi connectivity index (χ1) is 13.1. The van der Waals surface area contributed by atoms with Crippen LogP contribution in [0.4, 0.5) is 4.79 Å². The minimum absolute atomic E-state index is 0.138. The lowest BCUT2D eigenvalue weighted by Crippen LogP contribution is -2.63.